The van der Waals surface area contributed by atoms with Gasteiger partial charge in [-0.1, -0.05) is 5.16 Å². The van der Waals surface area contributed by atoms with Crippen molar-refractivity contribution in [1.82, 2.24) is 25.3 Å². The van der Waals surface area contributed by atoms with Crippen molar-refractivity contribution < 1.29 is 4.52 Å². The van der Waals surface area contributed by atoms with Crippen LogP contribution in [0.25, 0.3) is 22.8 Å². The molecule has 0 unspecified atom stereocenters. The van der Waals surface area contributed by atoms with Crippen molar-refractivity contribution in [3.05, 3.63) is 36.4 Å². The topological polar surface area (TPSA) is 80.5 Å². The van der Waals surface area contributed by atoms with E-state index in [-0.39, 0.29) is 0 Å². The predicted molar refractivity (Wildman–Crippen MR) is 59.8 cm³/mol. The fourth-order valence-corrected chi connectivity index (χ4v) is 1.49. The third-order valence-corrected chi connectivity index (χ3v) is 2.31. The Balaban J connectivity index is 1.95. The first kappa shape index (κ1) is 9.71. The summed E-state index contributed by atoms with van der Waals surface area (Å²) < 4.78 is 5.06. The first-order valence-corrected chi connectivity index (χ1v) is 5.09. The van der Waals surface area contributed by atoms with E-state index in [4.69, 9.17) is 4.52 Å². The third kappa shape index (κ3) is 1.80. The van der Waals surface area contributed by atoms with Crippen LogP contribution in [0.15, 0.2) is 35.1 Å². The number of hydrogen-bond acceptors (Lipinski definition) is 5. The van der Waals surface area contributed by atoms with Crippen LogP contribution in [0.2, 0.25) is 0 Å². The highest BCUT2D eigenvalue weighted by Gasteiger charge is 2.07. The first-order valence-electron chi connectivity index (χ1n) is 5.09. The van der Waals surface area contributed by atoms with Crippen molar-refractivity contribution in [2.45, 2.75) is 6.92 Å². The van der Waals surface area contributed by atoms with Gasteiger partial charge in [0.2, 0.25) is 0 Å². The smallest absolute Gasteiger partial charge is 0.259 e. The number of aromatic nitrogens is 5. The quantitative estimate of drug-likeness (QED) is 0.722. The second-order valence-corrected chi connectivity index (χ2v) is 3.55. The molecule has 0 saturated heterocycles. The molecule has 0 aliphatic rings. The number of aryl methyl sites for hydroxylation is 1. The zero-order valence-electron chi connectivity index (χ0n) is 9.08. The van der Waals surface area contributed by atoms with E-state index in [1.54, 1.807) is 19.3 Å². The molecule has 17 heavy (non-hydrogen) atoms. The molecule has 84 valence electrons. The summed E-state index contributed by atoms with van der Waals surface area (Å²) >= 11 is 0. The number of nitrogens with zero attached hydrogens (tertiary/aromatic N) is 4. The first-order chi connectivity index (χ1) is 8.33. The van der Waals surface area contributed by atoms with E-state index in [9.17, 15) is 0 Å². The number of hydrogen-bond donors (Lipinski definition) is 1. The molecule has 3 rings (SSSR count). The maximum absolute atomic E-state index is 5.06. The molecule has 0 bridgehead atoms. The number of rotatable bonds is 2. The SMILES string of the molecule is Cc1noc(-c2ccc(-c3ccn[nH]3)nc2)n1. The van der Waals surface area contributed by atoms with E-state index in [0.29, 0.717) is 11.7 Å². The predicted octanol–water partition coefficient (Wildman–Crippen LogP) is 1.83. The summed E-state index contributed by atoms with van der Waals surface area (Å²) in [6, 6.07) is 5.62. The molecule has 6 heteroatoms. The molecule has 3 aromatic heterocycles. The molecule has 0 aliphatic carbocycles. The molecule has 0 fully saturated rings. The van der Waals surface area contributed by atoms with Crippen molar-refractivity contribution >= 4 is 0 Å². The summed E-state index contributed by atoms with van der Waals surface area (Å²) in [6.45, 7) is 1.78. The fourth-order valence-electron chi connectivity index (χ4n) is 1.49. The van der Waals surface area contributed by atoms with Crippen LogP contribution in [0.3, 0.4) is 0 Å². The van der Waals surface area contributed by atoms with Crippen molar-refractivity contribution in [3.63, 3.8) is 0 Å². The average molecular weight is 227 g/mol. The maximum atomic E-state index is 5.06. The highest BCUT2D eigenvalue weighted by atomic mass is 16.5. The zero-order valence-corrected chi connectivity index (χ0v) is 9.08. The zero-order chi connectivity index (χ0) is 11.7. The largest absolute Gasteiger partial charge is 0.334 e. The van der Waals surface area contributed by atoms with Crippen LogP contribution in [0.1, 0.15) is 5.82 Å². The Morgan fingerprint density at radius 3 is 2.76 bits per heavy atom. The number of aromatic amines is 1. The minimum absolute atomic E-state index is 0.478. The van der Waals surface area contributed by atoms with Gasteiger partial charge in [0.05, 0.1) is 17.0 Å². The Kier molecular flexibility index (Phi) is 2.18. The second-order valence-electron chi connectivity index (χ2n) is 3.55. The number of pyridine rings is 1. The summed E-state index contributed by atoms with van der Waals surface area (Å²) in [5, 5.41) is 10.5. The van der Waals surface area contributed by atoms with Crippen LogP contribution in [-0.2, 0) is 0 Å². The van der Waals surface area contributed by atoms with Crippen LogP contribution in [0.4, 0.5) is 0 Å². The molecule has 0 spiro atoms. The van der Waals surface area contributed by atoms with Gasteiger partial charge >= 0.3 is 0 Å². The molecule has 0 aliphatic heterocycles. The fraction of sp³-hybridized carbons (Fsp3) is 0.0909. The van der Waals surface area contributed by atoms with Gasteiger partial charge < -0.3 is 4.52 Å². The molecule has 1 N–H and O–H groups in total. The van der Waals surface area contributed by atoms with Crippen LogP contribution in [0, 0.1) is 6.92 Å². The Bertz CT molecular complexity index is 612. The number of nitrogens with one attached hydrogen (secondary N) is 1. The molecular formula is C11H9N5O. The van der Waals surface area contributed by atoms with Crippen LogP contribution < -0.4 is 0 Å². The monoisotopic (exact) mass is 227 g/mol. The molecule has 0 radical (unpaired) electrons. The van der Waals surface area contributed by atoms with E-state index in [0.717, 1.165) is 17.0 Å². The highest BCUT2D eigenvalue weighted by molar-refractivity contribution is 5.58. The minimum atomic E-state index is 0.478. The normalized spacial score (nSPS) is 10.6. The van der Waals surface area contributed by atoms with Crippen LogP contribution in [-0.4, -0.2) is 25.3 Å². The van der Waals surface area contributed by atoms with Crippen molar-refractivity contribution in [2.24, 2.45) is 0 Å². The molecule has 0 amide bonds. The van der Waals surface area contributed by atoms with Gasteiger partial charge in [-0.05, 0) is 25.1 Å². The summed E-state index contributed by atoms with van der Waals surface area (Å²) in [5.74, 6) is 1.09. The molecule has 0 atom stereocenters. The lowest BCUT2D eigenvalue weighted by Gasteiger charge is -1.97. The Labute approximate surface area is 96.7 Å². The van der Waals surface area contributed by atoms with Crippen LogP contribution in [0.5, 0.6) is 0 Å². The molecule has 0 saturated carbocycles. The van der Waals surface area contributed by atoms with Crippen molar-refractivity contribution in [1.29, 1.82) is 0 Å². The minimum Gasteiger partial charge on any atom is -0.334 e. The maximum Gasteiger partial charge on any atom is 0.259 e. The summed E-state index contributed by atoms with van der Waals surface area (Å²) in [5.41, 5.74) is 2.50. The van der Waals surface area contributed by atoms with E-state index in [1.165, 1.54) is 0 Å². The van der Waals surface area contributed by atoms with Crippen molar-refractivity contribution in [3.8, 4) is 22.8 Å². The lowest BCUT2D eigenvalue weighted by Crippen LogP contribution is -1.85. The molecular weight excluding hydrogens is 218 g/mol. The van der Waals surface area contributed by atoms with Gasteiger partial charge in [-0.2, -0.15) is 10.1 Å². The van der Waals surface area contributed by atoms with Gasteiger partial charge in [-0.3, -0.25) is 10.1 Å². The summed E-state index contributed by atoms with van der Waals surface area (Å²) in [7, 11) is 0. The summed E-state index contributed by atoms with van der Waals surface area (Å²) in [4.78, 5) is 8.44. The van der Waals surface area contributed by atoms with Gasteiger partial charge in [0.25, 0.3) is 5.89 Å². The van der Waals surface area contributed by atoms with Crippen molar-refractivity contribution in [2.75, 3.05) is 0 Å². The molecule has 0 aromatic carbocycles. The van der Waals surface area contributed by atoms with Gasteiger partial charge in [0, 0.05) is 12.4 Å². The second kappa shape index (κ2) is 3.82. The summed E-state index contributed by atoms with van der Waals surface area (Å²) in [6.07, 6.45) is 3.38. The molecule has 6 nitrogen and oxygen atoms in total. The van der Waals surface area contributed by atoms with Gasteiger partial charge in [-0.15, -0.1) is 0 Å². The van der Waals surface area contributed by atoms with Gasteiger partial charge in [-0.25, -0.2) is 0 Å². The van der Waals surface area contributed by atoms with E-state index in [1.807, 2.05) is 18.2 Å². The molecule has 3 aromatic rings. The Hall–Kier alpha value is -2.50. The Morgan fingerprint density at radius 1 is 1.24 bits per heavy atom. The average Bonchev–Trinajstić information content (AvgIpc) is 3.00. The van der Waals surface area contributed by atoms with E-state index >= 15 is 0 Å². The Morgan fingerprint density at radius 2 is 2.18 bits per heavy atom. The standard InChI is InChI=1S/C11H9N5O/c1-7-14-11(17-16-7)8-2-3-9(12-6-8)10-4-5-13-15-10/h2-6H,1H3,(H,13,15). The van der Waals surface area contributed by atoms with Gasteiger partial charge in [0.15, 0.2) is 5.82 Å². The van der Waals surface area contributed by atoms with E-state index in [2.05, 4.69) is 25.3 Å². The lowest BCUT2D eigenvalue weighted by molar-refractivity contribution is 0.425. The third-order valence-electron chi connectivity index (χ3n) is 2.31. The van der Waals surface area contributed by atoms with E-state index < -0.39 is 0 Å². The lowest BCUT2D eigenvalue weighted by atomic mass is 10.2. The highest BCUT2D eigenvalue weighted by Crippen LogP contribution is 2.19. The molecule has 3 heterocycles. The number of H-pyrrole nitrogens is 1. The van der Waals surface area contributed by atoms with Gasteiger partial charge in [0.1, 0.15) is 0 Å². The van der Waals surface area contributed by atoms with Crippen LogP contribution >= 0.6 is 0 Å².